The van der Waals surface area contributed by atoms with Gasteiger partial charge in [0, 0.05) is 20.0 Å². The van der Waals surface area contributed by atoms with Gasteiger partial charge in [0.2, 0.25) is 5.91 Å². The van der Waals surface area contributed by atoms with Crippen molar-refractivity contribution in [3.8, 4) is 5.75 Å². The second-order valence-corrected chi connectivity index (χ2v) is 5.39. The summed E-state index contributed by atoms with van der Waals surface area (Å²) in [5, 5.41) is 10.1. The van der Waals surface area contributed by atoms with E-state index in [4.69, 9.17) is 7.85 Å². The zero-order chi connectivity index (χ0) is 14.0. The Bertz CT molecular complexity index is 481. The molecular weight excluding hydrogens is 237 g/mol. The third-order valence-corrected chi connectivity index (χ3v) is 3.95. The van der Waals surface area contributed by atoms with Crippen LogP contribution in [0.5, 0.6) is 5.75 Å². The van der Waals surface area contributed by atoms with E-state index in [2.05, 4.69) is 6.07 Å². The predicted octanol–water partition coefficient (Wildman–Crippen LogP) is 1.85. The largest absolute Gasteiger partial charge is 0.507 e. The van der Waals surface area contributed by atoms with Gasteiger partial charge in [0.05, 0.1) is 7.85 Å². The molecule has 100 valence electrons. The molecule has 2 radical (unpaired) electrons. The normalized spacial score (nSPS) is 15.4. The first kappa shape index (κ1) is 14.0. The van der Waals surface area contributed by atoms with Gasteiger partial charge >= 0.3 is 0 Å². The van der Waals surface area contributed by atoms with Gasteiger partial charge in [-0.2, -0.15) is 0 Å². The summed E-state index contributed by atoms with van der Waals surface area (Å²) in [5.74, 6) is 1.04. The fourth-order valence-corrected chi connectivity index (χ4v) is 2.64. The average molecular weight is 257 g/mol. The lowest BCUT2D eigenvalue weighted by Gasteiger charge is -2.39. The molecular formula is C15H20BNO2. The van der Waals surface area contributed by atoms with Crippen molar-refractivity contribution in [2.75, 3.05) is 13.1 Å². The van der Waals surface area contributed by atoms with E-state index in [0.717, 1.165) is 30.6 Å². The number of phenols is 1. The van der Waals surface area contributed by atoms with Gasteiger partial charge in [0.15, 0.2) is 0 Å². The van der Waals surface area contributed by atoms with Crippen LogP contribution in [0.25, 0.3) is 0 Å². The summed E-state index contributed by atoms with van der Waals surface area (Å²) < 4.78 is 0. The summed E-state index contributed by atoms with van der Waals surface area (Å²) in [4.78, 5) is 13.0. The summed E-state index contributed by atoms with van der Waals surface area (Å²) in [6.07, 6.45) is 2.17. The molecule has 0 aromatic heterocycles. The number of amides is 1. The van der Waals surface area contributed by atoms with Gasteiger partial charge in [0.25, 0.3) is 0 Å². The maximum Gasteiger partial charge on any atom is 0.219 e. The number of carbonyl (C=O) groups excluding carboxylic acids is 1. The lowest BCUT2D eigenvalue weighted by Crippen LogP contribution is -2.49. The molecule has 1 heterocycles. The Morgan fingerprint density at radius 2 is 2.05 bits per heavy atom. The Kier molecular flexibility index (Phi) is 4.18. The molecule has 2 rings (SSSR count). The van der Waals surface area contributed by atoms with Gasteiger partial charge in [-0.05, 0) is 42.4 Å². The summed E-state index contributed by atoms with van der Waals surface area (Å²) in [6, 6.07) is 4.04. The molecule has 1 N–H and O–H groups in total. The zero-order valence-corrected chi connectivity index (χ0v) is 11.6. The van der Waals surface area contributed by atoms with Crippen LogP contribution in [-0.2, 0) is 17.6 Å². The van der Waals surface area contributed by atoms with Gasteiger partial charge in [-0.3, -0.25) is 4.79 Å². The van der Waals surface area contributed by atoms with E-state index in [9.17, 15) is 9.90 Å². The number of nitrogens with zero attached hydrogens (tertiary/aromatic N) is 1. The predicted molar refractivity (Wildman–Crippen MR) is 76.6 cm³/mol. The van der Waals surface area contributed by atoms with Gasteiger partial charge in [-0.15, -0.1) is 0 Å². The highest BCUT2D eigenvalue weighted by Crippen LogP contribution is 2.29. The standard InChI is InChI=1S/C15H20BNO2/c1-10-14(4-3-13(5-6-16)15(10)19)7-12-8-17(9-12)11(2)18/h3-4,12,19H,5-9H2,1-2H3. The van der Waals surface area contributed by atoms with Crippen molar-refractivity contribution in [2.24, 2.45) is 5.92 Å². The second kappa shape index (κ2) is 5.68. The fraction of sp³-hybridized carbons (Fsp3) is 0.533. The molecule has 0 spiro atoms. The monoisotopic (exact) mass is 257 g/mol. The van der Waals surface area contributed by atoms with Crippen LogP contribution in [-0.4, -0.2) is 36.8 Å². The molecule has 4 heteroatoms. The zero-order valence-electron chi connectivity index (χ0n) is 11.6. The molecule has 0 atom stereocenters. The highest BCUT2D eigenvalue weighted by atomic mass is 16.3. The summed E-state index contributed by atoms with van der Waals surface area (Å²) >= 11 is 0. The van der Waals surface area contributed by atoms with Crippen LogP contribution in [0.2, 0.25) is 6.32 Å². The number of aromatic hydroxyl groups is 1. The molecule has 1 aromatic rings. The number of hydrogen-bond acceptors (Lipinski definition) is 2. The van der Waals surface area contributed by atoms with E-state index in [1.165, 1.54) is 5.56 Å². The maximum atomic E-state index is 11.1. The molecule has 3 nitrogen and oxygen atoms in total. The van der Waals surface area contributed by atoms with E-state index in [0.29, 0.717) is 24.4 Å². The summed E-state index contributed by atoms with van der Waals surface area (Å²) in [6.45, 7) is 5.22. The molecule has 0 saturated carbocycles. The van der Waals surface area contributed by atoms with Crippen molar-refractivity contribution < 1.29 is 9.90 Å². The van der Waals surface area contributed by atoms with Crippen LogP contribution in [0.4, 0.5) is 0 Å². The number of aryl methyl sites for hydroxylation is 1. The lowest BCUT2D eigenvalue weighted by atomic mass is 9.88. The summed E-state index contributed by atoms with van der Waals surface area (Å²) in [7, 11) is 5.52. The SMILES string of the molecule is [B]CCc1ccc(CC2CN(C(C)=O)C2)c(C)c1O. The third kappa shape index (κ3) is 2.94. The fourth-order valence-electron chi connectivity index (χ4n) is 2.64. The molecule has 1 fully saturated rings. The minimum absolute atomic E-state index is 0.147. The minimum atomic E-state index is 0.147. The molecule has 19 heavy (non-hydrogen) atoms. The molecule has 1 aromatic carbocycles. The van der Waals surface area contributed by atoms with Crippen LogP contribution in [0.3, 0.4) is 0 Å². The molecule has 1 saturated heterocycles. The van der Waals surface area contributed by atoms with Crippen LogP contribution < -0.4 is 0 Å². The van der Waals surface area contributed by atoms with Crippen molar-refractivity contribution in [1.29, 1.82) is 0 Å². The first-order valence-electron chi connectivity index (χ1n) is 6.78. The number of hydrogen-bond donors (Lipinski definition) is 1. The van der Waals surface area contributed by atoms with E-state index in [1.54, 1.807) is 6.92 Å². The molecule has 0 unspecified atom stereocenters. The quantitative estimate of drug-likeness (QED) is 0.836. The summed E-state index contributed by atoms with van der Waals surface area (Å²) in [5.41, 5.74) is 3.04. The van der Waals surface area contributed by atoms with Crippen molar-refractivity contribution in [2.45, 2.75) is 33.0 Å². The Morgan fingerprint density at radius 1 is 1.42 bits per heavy atom. The smallest absolute Gasteiger partial charge is 0.219 e. The van der Waals surface area contributed by atoms with Crippen LogP contribution in [0.15, 0.2) is 12.1 Å². The van der Waals surface area contributed by atoms with Gasteiger partial charge < -0.3 is 10.0 Å². The Morgan fingerprint density at radius 3 is 2.63 bits per heavy atom. The van der Waals surface area contributed by atoms with E-state index < -0.39 is 0 Å². The van der Waals surface area contributed by atoms with E-state index in [1.807, 2.05) is 17.9 Å². The number of likely N-dealkylation sites (tertiary alicyclic amines) is 1. The number of phenolic OH excluding ortho intramolecular Hbond substituents is 1. The van der Waals surface area contributed by atoms with Crippen LogP contribution >= 0.6 is 0 Å². The van der Waals surface area contributed by atoms with Gasteiger partial charge in [-0.1, -0.05) is 18.5 Å². The average Bonchev–Trinajstić information content (AvgIpc) is 2.31. The van der Waals surface area contributed by atoms with Crippen molar-refractivity contribution >= 4 is 13.8 Å². The molecule has 1 aliphatic rings. The Hall–Kier alpha value is -1.45. The van der Waals surface area contributed by atoms with Gasteiger partial charge in [-0.25, -0.2) is 0 Å². The number of rotatable bonds is 4. The first-order valence-corrected chi connectivity index (χ1v) is 6.78. The Balaban J connectivity index is 2.02. The minimum Gasteiger partial charge on any atom is -0.507 e. The second-order valence-electron chi connectivity index (χ2n) is 5.39. The molecule has 1 aliphatic heterocycles. The number of benzene rings is 1. The maximum absolute atomic E-state index is 11.1. The van der Waals surface area contributed by atoms with Crippen molar-refractivity contribution in [3.63, 3.8) is 0 Å². The van der Waals surface area contributed by atoms with Crippen LogP contribution in [0.1, 0.15) is 23.6 Å². The number of carbonyl (C=O) groups is 1. The Labute approximate surface area is 116 Å². The highest BCUT2D eigenvalue weighted by molar-refractivity contribution is 6.08. The van der Waals surface area contributed by atoms with Gasteiger partial charge in [0.1, 0.15) is 5.75 Å². The van der Waals surface area contributed by atoms with Crippen molar-refractivity contribution in [3.05, 3.63) is 28.8 Å². The van der Waals surface area contributed by atoms with E-state index in [-0.39, 0.29) is 5.91 Å². The molecule has 1 amide bonds. The topological polar surface area (TPSA) is 40.5 Å². The molecule has 0 aliphatic carbocycles. The van der Waals surface area contributed by atoms with Crippen molar-refractivity contribution in [1.82, 2.24) is 4.90 Å². The lowest BCUT2D eigenvalue weighted by molar-refractivity contribution is -0.134. The van der Waals surface area contributed by atoms with Crippen LogP contribution in [0, 0.1) is 12.8 Å². The third-order valence-electron chi connectivity index (χ3n) is 3.95. The molecule has 0 bridgehead atoms. The first-order chi connectivity index (χ1) is 9.02. The van der Waals surface area contributed by atoms with E-state index >= 15 is 0 Å². The highest BCUT2D eigenvalue weighted by Gasteiger charge is 2.29.